The number of rotatable bonds is 4. The van der Waals surface area contributed by atoms with E-state index in [0.717, 1.165) is 11.2 Å². The number of benzene rings is 1. The Labute approximate surface area is 163 Å². The minimum Gasteiger partial charge on any atom is -0.399 e. The summed E-state index contributed by atoms with van der Waals surface area (Å²) in [5, 5.41) is 8.94. The smallest absolute Gasteiger partial charge is 0.399 e. The summed E-state index contributed by atoms with van der Waals surface area (Å²) in [6, 6.07) is 7.99. The highest BCUT2D eigenvalue weighted by Gasteiger charge is 2.51. The van der Waals surface area contributed by atoms with Crippen LogP contribution in [0.25, 0.3) is 0 Å². The molecule has 1 aliphatic carbocycles. The predicted octanol–water partition coefficient (Wildman–Crippen LogP) is 4.09. The van der Waals surface area contributed by atoms with Gasteiger partial charge in [0.1, 0.15) is 0 Å². The quantitative estimate of drug-likeness (QED) is 0.595. The molecule has 0 bridgehead atoms. The van der Waals surface area contributed by atoms with Crippen molar-refractivity contribution >= 4 is 18.3 Å². The Bertz CT molecular complexity index is 750. The molecule has 2 aliphatic rings. The first-order valence-corrected chi connectivity index (χ1v) is 9.53. The van der Waals surface area contributed by atoms with E-state index in [1.165, 1.54) is 5.70 Å². The first-order valence-electron chi connectivity index (χ1n) is 9.53. The van der Waals surface area contributed by atoms with E-state index < -0.39 is 0 Å². The fraction of sp³-hybridized carbons (Fsp3) is 0.524. The highest BCUT2D eigenvalue weighted by Crippen LogP contribution is 2.36. The summed E-state index contributed by atoms with van der Waals surface area (Å²) in [5.74, 6) is 0.320. The minimum atomic E-state index is -0.350. The van der Waals surface area contributed by atoms with Gasteiger partial charge in [-0.1, -0.05) is 31.2 Å². The number of nitrogens with zero attached hydrogens (tertiary/aromatic N) is 3. The lowest BCUT2D eigenvalue weighted by molar-refractivity contribution is 0.00578. The average molecular weight is 367 g/mol. The maximum Gasteiger partial charge on any atom is 0.494 e. The van der Waals surface area contributed by atoms with Crippen molar-refractivity contribution in [2.24, 2.45) is 16.1 Å². The zero-order valence-corrected chi connectivity index (χ0v) is 17.4. The third kappa shape index (κ3) is 4.17. The molecule has 0 N–H and O–H groups in total. The lowest BCUT2D eigenvalue weighted by Crippen LogP contribution is -2.41. The molecule has 1 fully saturated rings. The number of azo groups is 1. The largest absolute Gasteiger partial charge is 0.494 e. The molecule has 0 radical (unpaired) electrons. The maximum absolute atomic E-state index is 6.09. The maximum atomic E-state index is 6.09. The van der Waals surface area contributed by atoms with Gasteiger partial charge in [-0.25, -0.2) is 0 Å². The van der Waals surface area contributed by atoms with E-state index in [0.29, 0.717) is 5.92 Å². The number of hydrogen-bond acceptors (Lipinski definition) is 5. The molecular formula is C21H30BN3O2. The molecule has 1 heterocycles. The zero-order valence-electron chi connectivity index (χ0n) is 17.4. The molecule has 1 saturated heterocycles. The van der Waals surface area contributed by atoms with Crippen LogP contribution in [-0.2, 0) is 9.31 Å². The fourth-order valence-corrected chi connectivity index (χ4v) is 3.05. The summed E-state index contributed by atoms with van der Waals surface area (Å²) in [6.45, 7) is 10.4. The number of likely N-dealkylation sites (N-methyl/N-ethyl adjacent to an activating group) is 1. The Hall–Kier alpha value is -1.92. The van der Waals surface area contributed by atoms with E-state index in [9.17, 15) is 0 Å². The van der Waals surface area contributed by atoms with Crippen LogP contribution in [0.5, 0.6) is 0 Å². The van der Waals surface area contributed by atoms with Crippen LogP contribution in [0.4, 0.5) is 5.69 Å². The zero-order chi connectivity index (χ0) is 19.8. The number of hydrogen-bond donors (Lipinski definition) is 0. The SMILES string of the molecule is C[C@H]1C=C(N(C)C)C=CC1/N=N/c1ccc(B2OC(C)(C)C(C)(C)O2)cc1. The van der Waals surface area contributed by atoms with Gasteiger partial charge in [0.25, 0.3) is 0 Å². The van der Waals surface area contributed by atoms with E-state index in [1.54, 1.807) is 0 Å². The second kappa shape index (κ2) is 7.25. The summed E-state index contributed by atoms with van der Waals surface area (Å²) in [7, 11) is 3.75. The second-order valence-electron chi connectivity index (χ2n) is 8.59. The normalized spacial score (nSPS) is 26.5. The molecule has 3 rings (SSSR count). The molecule has 1 aromatic rings. The molecule has 0 aromatic heterocycles. The van der Waals surface area contributed by atoms with Crippen LogP contribution in [0.1, 0.15) is 34.6 Å². The predicted molar refractivity (Wildman–Crippen MR) is 111 cm³/mol. The third-order valence-corrected chi connectivity index (χ3v) is 5.68. The molecule has 2 atom stereocenters. The van der Waals surface area contributed by atoms with E-state index in [4.69, 9.17) is 9.31 Å². The van der Waals surface area contributed by atoms with Gasteiger partial charge >= 0.3 is 7.12 Å². The van der Waals surface area contributed by atoms with Crippen molar-refractivity contribution in [1.82, 2.24) is 4.90 Å². The third-order valence-electron chi connectivity index (χ3n) is 5.68. The molecule has 0 saturated carbocycles. The van der Waals surface area contributed by atoms with Crippen molar-refractivity contribution in [3.05, 3.63) is 48.2 Å². The molecule has 1 aliphatic heterocycles. The van der Waals surface area contributed by atoms with Gasteiger partial charge in [-0.2, -0.15) is 10.2 Å². The molecule has 1 aromatic carbocycles. The topological polar surface area (TPSA) is 46.4 Å². The second-order valence-corrected chi connectivity index (χ2v) is 8.59. The van der Waals surface area contributed by atoms with Gasteiger partial charge in [0.2, 0.25) is 0 Å². The minimum absolute atomic E-state index is 0.0662. The lowest BCUT2D eigenvalue weighted by atomic mass is 9.79. The van der Waals surface area contributed by atoms with Gasteiger partial charge in [-0.3, -0.25) is 0 Å². The summed E-state index contributed by atoms with van der Waals surface area (Å²) in [5.41, 5.74) is 2.37. The van der Waals surface area contributed by atoms with E-state index in [-0.39, 0.29) is 24.4 Å². The van der Waals surface area contributed by atoms with E-state index in [1.807, 2.05) is 38.4 Å². The Morgan fingerprint density at radius 2 is 1.59 bits per heavy atom. The lowest BCUT2D eigenvalue weighted by Gasteiger charge is -2.32. The van der Waals surface area contributed by atoms with Crippen molar-refractivity contribution in [3.63, 3.8) is 0 Å². The standard InChI is InChI=1S/C21H30BN3O2/c1-15-14-18(25(6)7)12-13-19(15)24-23-17-10-8-16(9-11-17)22-26-20(2,3)21(4,5)27-22/h8-15,19H,1-7H3/b24-23+/t15-,19?/m0/s1. The van der Waals surface area contributed by atoms with Crippen molar-refractivity contribution < 1.29 is 9.31 Å². The van der Waals surface area contributed by atoms with Gasteiger partial charge in [-0.15, -0.1) is 0 Å². The Kier molecular flexibility index (Phi) is 5.32. The van der Waals surface area contributed by atoms with Crippen LogP contribution in [-0.4, -0.2) is 43.4 Å². The highest BCUT2D eigenvalue weighted by molar-refractivity contribution is 6.62. The van der Waals surface area contributed by atoms with Crippen LogP contribution >= 0.6 is 0 Å². The molecule has 5 nitrogen and oxygen atoms in total. The van der Waals surface area contributed by atoms with Crippen molar-refractivity contribution in [1.29, 1.82) is 0 Å². The van der Waals surface area contributed by atoms with Crippen molar-refractivity contribution in [3.8, 4) is 0 Å². The summed E-state index contributed by atoms with van der Waals surface area (Å²) in [4.78, 5) is 2.11. The molecule has 27 heavy (non-hydrogen) atoms. The van der Waals surface area contributed by atoms with Gasteiger partial charge < -0.3 is 14.2 Å². The fourth-order valence-electron chi connectivity index (χ4n) is 3.05. The monoisotopic (exact) mass is 367 g/mol. The van der Waals surface area contributed by atoms with Gasteiger partial charge in [0, 0.05) is 25.7 Å². The molecule has 0 amide bonds. The van der Waals surface area contributed by atoms with Crippen LogP contribution in [0, 0.1) is 5.92 Å². The van der Waals surface area contributed by atoms with Crippen molar-refractivity contribution in [2.45, 2.75) is 51.9 Å². The summed E-state index contributed by atoms with van der Waals surface area (Å²) in [6.07, 6.45) is 6.44. The van der Waals surface area contributed by atoms with Gasteiger partial charge in [0.05, 0.1) is 22.9 Å². The van der Waals surface area contributed by atoms with Crippen LogP contribution in [0.15, 0.2) is 58.4 Å². The Balaban J connectivity index is 1.65. The van der Waals surface area contributed by atoms with Crippen LogP contribution < -0.4 is 5.46 Å². The van der Waals surface area contributed by atoms with E-state index >= 15 is 0 Å². The molecule has 6 heteroatoms. The molecule has 1 unspecified atom stereocenters. The first kappa shape index (κ1) is 19.8. The Morgan fingerprint density at radius 1 is 1.00 bits per heavy atom. The highest BCUT2D eigenvalue weighted by atomic mass is 16.7. The van der Waals surface area contributed by atoms with Gasteiger partial charge in [0.15, 0.2) is 0 Å². The van der Waals surface area contributed by atoms with Crippen LogP contribution in [0.2, 0.25) is 0 Å². The summed E-state index contributed by atoms with van der Waals surface area (Å²) < 4.78 is 12.2. The van der Waals surface area contributed by atoms with Gasteiger partial charge in [-0.05, 0) is 51.4 Å². The molecule has 144 valence electrons. The number of allylic oxidation sites excluding steroid dienone is 1. The first-order chi connectivity index (χ1) is 12.6. The van der Waals surface area contributed by atoms with Crippen molar-refractivity contribution in [2.75, 3.05) is 14.1 Å². The van der Waals surface area contributed by atoms with Crippen LogP contribution in [0.3, 0.4) is 0 Å². The average Bonchev–Trinajstić information content (AvgIpc) is 2.82. The Morgan fingerprint density at radius 3 is 2.11 bits per heavy atom. The van der Waals surface area contributed by atoms with E-state index in [2.05, 4.69) is 68.0 Å². The molecular weight excluding hydrogens is 337 g/mol. The summed E-state index contributed by atoms with van der Waals surface area (Å²) >= 11 is 0. The molecule has 0 spiro atoms.